The van der Waals surface area contributed by atoms with Crippen molar-refractivity contribution >= 4 is 70.0 Å². The number of halogens is 2. The molecule has 1 atom stereocenters. The van der Waals surface area contributed by atoms with Crippen molar-refractivity contribution in [3.05, 3.63) is 201 Å². The maximum atomic E-state index is 14.4. The van der Waals surface area contributed by atoms with Gasteiger partial charge in [-0.3, -0.25) is 14.4 Å². The van der Waals surface area contributed by atoms with Gasteiger partial charge < -0.3 is 20.7 Å². The minimum Gasteiger partial charge on any atom is -0.444 e. The Bertz CT molecular complexity index is 2300. The van der Waals surface area contributed by atoms with Crippen LogP contribution in [0.2, 0.25) is 10.0 Å². The highest BCUT2D eigenvalue weighted by atomic mass is 35.5. The summed E-state index contributed by atoms with van der Waals surface area (Å²) in [5.74, 6) is -1.43. The minimum absolute atomic E-state index is 0.0682. The molecule has 6 aromatic rings. The molecule has 0 bridgehead atoms. The topological polar surface area (TPSA) is 114 Å². The number of carbonyl (C=O) groups excluding carboxylic acids is 4. The molecule has 0 aliphatic rings. The van der Waals surface area contributed by atoms with E-state index < -0.39 is 40.1 Å². The molecule has 0 unspecified atom stereocenters. The van der Waals surface area contributed by atoms with Crippen LogP contribution in [0.5, 0.6) is 0 Å². The lowest BCUT2D eigenvalue weighted by atomic mass is 9.84. The summed E-state index contributed by atoms with van der Waals surface area (Å²) < 4.78 is 4.82. The standard InChI is InChI=1S/C47H41Cl2N3O5S/c1-46(2,3)57-45(56)52-40(30-58-47(32-19-10-5-11-20-32,33-21-12-6-13-22-33)34-23-14-7-15-24-34)44(55)50-35-27-28-39(37(29-35)42(53)31-17-8-4-9-18-31)51-43(54)36-25-16-26-38(48)41(36)49/h4-29,40H,30H2,1-3H3,(H,50,55)(H,51,54)(H,52,56)/t40-/m0/s1. The molecule has 0 aromatic heterocycles. The maximum Gasteiger partial charge on any atom is 0.408 e. The van der Waals surface area contributed by atoms with E-state index in [1.807, 2.05) is 54.6 Å². The van der Waals surface area contributed by atoms with Crippen molar-refractivity contribution in [2.45, 2.75) is 37.2 Å². The molecular weight excluding hydrogens is 790 g/mol. The van der Waals surface area contributed by atoms with Crippen LogP contribution in [-0.2, 0) is 14.3 Å². The molecule has 58 heavy (non-hydrogen) atoms. The first kappa shape index (κ1) is 41.8. The number of anilines is 2. The molecule has 294 valence electrons. The Morgan fingerprint density at radius 2 is 1.17 bits per heavy atom. The molecule has 3 N–H and O–H groups in total. The lowest BCUT2D eigenvalue weighted by molar-refractivity contribution is -0.117. The number of hydrogen-bond donors (Lipinski definition) is 3. The van der Waals surface area contributed by atoms with Crippen molar-refractivity contribution in [3.63, 3.8) is 0 Å². The maximum absolute atomic E-state index is 14.4. The molecule has 0 aliphatic heterocycles. The molecule has 11 heteroatoms. The highest BCUT2D eigenvalue weighted by Crippen LogP contribution is 2.48. The second kappa shape index (κ2) is 18.6. The van der Waals surface area contributed by atoms with E-state index in [0.29, 0.717) is 5.56 Å². The number of benzene rings is 6. The molecule has 3 amide bonds. The van der Waals surface area contributed by atoms with Crippen molar-refractivity contribution in [3.8, 4) is 0 Å². The monoisotopic (exact) mass is 829 g/mol. The summed E-state index contributed by atoms with van der Waals surface area (Å²) >= 11 is 14.0. The van der Waals surface area contributed by atoms with Crippen LogP contribution in [0.15, 0.2) is 158 Å². The SMILES string of the molecule is CC(C)(C)OC(=O)N[C@@H](CSC(c1ccccc1)(c1ccccc1)c1ccccc1)C(=O)Nc1ccc(NC(=O)c2cccc(Cl)c2Cl)c(C(=O)c2ccccc2)c1. The van der Waals surface area contributed by atoms with Gasteiger partial charge in [-0.25, -0.2) is 4.79 Å². The number of alkyl carbamates (subject to hydrolysis) is 1. The van der Waals surface area contributed by atoms with Crippen LogP contribution in [0, 0.1) is 0 Å². The average molecular weight is 831 g/mol. The Morgan fingerprint density at radius 1 is 0.638 bits per heavy atom. The van der Waals surface area contributed by atoms with Gasteiger partial charge in [0.15, 0.2) is 5.78 Å². The highest BCUT2D eigenvalue weighted by molar-refractivity contribution is 8.00. The molecule has 6 rings (SSSR count). The number of amides is 3. The zero-order valence-corrected chi connectivity index (χ0v) is 34.3. The minimum atomic E-state index is -1.12. The molecule has 0 aliphatic carbocycles. The number of ether oxygens (including phenoxy) is 1. The van der Waals surface area contributed by atoms with E-state index in [1.54, 1.807) is 69.3 Å². The molecule has 0 saturated heterocycles. The van der Waals surface area contributed by atoms with Gasteiger partial charge in [0.25, 0.3) is 5.91 Å². The van der Waals surface area contributed by atoms with Crippen molar-refractivity contribution in [1.82, 2.24) is 5.32 Å². The Hall–Kier alpha value is -5.87. The van der Waals surface area contributed by atoms with E-state index in [4.69, 9.17) is 27.9 Å². The lowest BCUT2D eigenvalue weighted by Gasteiger charge is -2.36. The number of thioether (sulfide) groups is 1. The van der Waals surface area contributed by atoms with Crippen molar-refractivity contribution in [2.24, 2.45) is 0 Å². The fourth-order valence-corrected chi connectivity index (χ4v) is 8.32. The number of rotatable bonds is 13. The van der Waals surface area contributed by atoms with Crippen LogP contribution in [0.1, 0.15) is 63.7 Å². The van der Waals surface area contributed by atoms with Gasteiger partial charge in [-0.15, -0.1) is 11.8 Å². The van der Waals surface area contributed by atoms with Crippen molar-refractivity contribution in [2.75, 3.05) is 16.4 Å². The first-order valence-corrected chi connectivity index (χ1v) is 20.2. The Balaban J connectivity index is 1.37. The summed E-state index contributed by atoms with van der Waals surface area (Å²) in [5.41, 5.74) is 3.15. The predicted molar refractivity (Wildman–Crippen MR) is 234 cm³/mol. The molecule has 6 aromatic carbocycles. The van der Waals surface area contributed by atoms with E-state index in [2.05, 4.69) is 52.3 Å². The Kier molecular flexibility index (Phi) is 13.4. The van der Waals surface area contributed by atoms with E-state index in [1.165, 1.54) is 30.0 Å². The summed E-state index contributed by atoms with van der Waals surface area (Å²) in [6, 6.07) is 46.7. The third-order valence-electron chi connectivity index (χ3n) is 9.03. The van der Waals surface area contributed by atoms with Crippen LogP contribution in [0.3, 0.4) is 0 Å². The summed E-state index contributed by atoms with van der Waals surface area (Å²) in [5, 5.41) is 8.78. The molecule has 0 spiro atoms. The zero-order chi connectivity index (χ0) is 41.3. The smallest absolute Gasteiger partial charge is 0.408 e. The van der Waals surface area contributed by atoms with E-state index in [9.17, 15) is 19.2 Å². The number of nitrogens with one attached hydrogen (secondary N) is 3. The van der Waals surface area contributed by atoms with Gasteiger partial charge in [0.1, 0.15) is 11.6 Å². The van der Waals surface area contributed by atoms with Gasteiger partial charge in [-0.05, 0) is 67.8 Å². The summed E-state index contributed by atoms with van der Waals surface area (Å²) in [4.78, 5) is 55.2. The average Bonchev–Trinajstić information content (AvgIpc) is 3.22. The number of carbonyl (C=O) groups is 4. The van der Waals surface area contributed by atoms with Gasteiger partial charge in [-0.2, -0.15) is 0 Å². The van der Waals surface area contributed by atoms with Crippen LogP contribution in [0.25, 0.3) is 0 Å². The van der Waals surface area contributed by atoms with Crippen LogP contribution < -0.4 is 16.0 Å². The summed E-state index contributed by atoms with van der Waals surface area (Å²) in [6.07, 6.45) is -0.768. The quantitative estimate of drug-likeness (QED) is 0.0789. The zero-order valence-electron chi connectivity index (χ0n) is 32.0. The van der Waals surface area contributed by atoms with E-state index in [0.717, 1.165) is 16.7 Å². The normalized spacial score (nSPS) is 11.9. The Morgan fingerprint density at radius 3 is 1.71 bits per heavy atom. The fraction of sp³-hybridized carbons (Fsp3) is 0.149. The van der Waals surface area contributed by atoms with E-state index >= 15 is 0 Å². The molecule has 0 radical (unpaired) electrons. The third kappa shape index (κ3) is 9.98. The molecule has 0 saturated carbocycles. The molecule has 0 heterocycles. The second-order valence-electron chi connectivity index (χ2n) is 14.3. The lowest BCUT2D eigenvalue weighted by Crippen LogP contribution is -2.48. The van der Waals surface area contributed by atoms with Gasteiger partial charge in [-0.1, -0.05) is 151 Å². The van der Waals surface area contributed by atoms with Gasteiger partial charge in [0, 0.05) is 22.6 Å². The molecule has 8 nitrogen and oxygen atoms in total. The van der Waals surface area contributed by atoms with Gasteiger partial charge in [0.2, 0.25) is 5.91 Å². The summed E-state index contributed by atoms with van der Waals surface area (Å²) in [7, 11) is 0. The fourth-order valence-electron chi connectivity index (χ4n) is 6.37. The largest absolute Gasteiger partial charge is 0.444 e. The first-order chi connectivity index (χ1) is 27.9. The van der Waals surface area contributed by atoms with Crippen molar-refractivity contribution in [1.29, 1.82) is 0 Å². The van der Waals surface area contributed by atoms with Gasteiger partial charge >= 0.3 is 6.09 Å². The van der Waals surface area contributed by atoms with Gasteiger partial charge in [0.05, 0.1) is 26.0 Å². The Labute approximate surface area is 352 Å². The summed E-state index contributed by atoms with van der Waals surface area (Å²) in [6.45, 7) is 5.23. The van der Waals surface area contributed by atoms with Crippen LogP contribution in [0.4, 0.5) is 16.2 Å². The van der Waals surface area contributed by atoms with Crippen LogP contribution >= 0.6 is 35.0 Å². The highest BCUT2D eigenvalue weighted by Gasteiger charge is 2.39. The van der Waals surface area contributed by atoms with E-state index in [-0.39, 0.29) is 38.3 Å². The molecule has 0 fully saturated rings. The third-order valence-corrected chi connectivity index (χ3v) is 11.5. The predicted octanol–water partition coefficient (Wildman–Crippen LogP) is 11.0. The van der Waals surface area contributed by atoms with Crippen LogP contribution in [-0.4, -0.2) is 41.1 Å². The second-order valence-corrected chi connectivity index (χ2v) is 16.3. The number of ketones is 1. The number of hydrogen-bond acceptors (Lipinski definition) is 6. The molecular formula is C47H41Cl2N3O5S. The first-order valence-electron chi connectivity index (χ1n) is 18.5. The van der Waals surface area contributed by atoms with Crippen molar-refractivity contribution < 1.29 is 23.9 Å².